The topological polar surface area (TPSA) is 79.8 Å². The summed E-state index contributed by atoms with van der Waals surface area (Å²) in [6, 6.07) is 9.89. The highest BCUT2D eigenvalue weighted by atomic mass is 16.2. The van der Waals surface area contributed by atoms with Gasteiger partial charge in [0.15, 0.2) is 0 Å². The van der Waals surface area contributed by atoms with Gasteiger partial charge in [0.1, 0.15) is 5.56 Å². The summed E-state index contributed by atoms with van der Waals surface area (Å²) >= 11 is 0. The van der Waals surface area contributed by atoms with Crippen LogP contribution in [0.1, 0.15) is 64.7 Å². The van der Waals surface area contributed by atoms with Crippen LogP contribution in [-0.4, -0.2) is 20.7 Å². The van der Waals surface area contributed by atoms with Crippen molar-refractivity contribution in [2.75, 3.05) is 0 Å². The number of amides is 1. The van der Waals surface area contributed by atoms with Crippen molar-refractivity contribution in [3.8, 4) is 5.69 Å². The number of aryl methyl sites for hydroxylation is 3. The number of fused-ring (bicyclic) bond motifs is 1. The third-order valence-electron chi connectivity index (χ3n) is 5.86. The van der Waals surface area contributed by atoms with Gasteiger partial charge in [0.2, 0.25) is 0 Å². The first kappa shape index (κ1) is 20.1. The molecule has 1 aliphatic carbocycles. The van der Waals surface area contributed by atoms with E-state index in [9.17, 15) is 9.59 Å². The molecular formula is C24H28N4O2. The van der Waals surface area contributed by atoms with Crippen LogP contribution in [-0.2, 0) is 6.42 Å². The number of carbonyl (C=O) groups excluding carboxylic acids is 1. The van der Waals surface area contributed by atoms with Gasteiger partial charge in [-0.2, -0.15) is 5.10 Å². The van der Waals surface area contributed by atoms with Gasteiger partial charge in [-0.05, 0) is 62.8 Å². The van der Waals surface area contributed by atoms with Crippen LogP contribution in [0, 0.1) is 26.2 Å². The SMILES string of the molecule is Cc1ccc(-n2ncc3c2CC(C)(C)C[C@@H]3NC(=O)c2c(C)cc(C)[nH]c2=O)cc1. The smallest absolute Gasteiger partial charge is 0.261 e. The van der Waals surface area contributed by atoms with Crippen molar-refractivity contribution in [3.05, 3.63) is 80.5 Å². The van der Waals surface area contributed by atoms with Crippen molar-refractivity contribution in [1.82, 2.24) is 20.1 Å². The van der Waals surface area contributed by atoms with Crippen LogP contribution >= 0.6 is 0 Å². The maximum absolute atomic E-state index is 13.0. The number of hydrogen-bond acceptors (Lipinski definition) is 3. The van der Waals surface area contributed by atoms with Gasteiger partial charge in [0.25, 0.3) is 11.5 Å². The molecule has 0 unspecified atom stereocenters. The third kappa shape index (κ3) is 3.70. The van der Waals surface area contributed by atoms with Crippen LogP contribution in [0.15, 0.2) is 41.3 Å². The Bertz CT molecular complexity index is 1170. The zero-order valence-electron chi connectivity index (χ0n) is 18.2. The van der Waals surface area contributed by atoms with Crippen molar-refractivity contribution in [2.24, 2.45) is 5.41 Å². The quantitative estimate of drug-likeness (QED) is 0.694. The maximum Gasteiger partial charge on any atom is 0.261 e. The number of carbonyl (C=O) groups is 1. The van der Waals surface area contributed by atoms with E-state index < -0.39 is 0 Å². The molecule has 0 aliphatic heterocycles. The van der Waals surface area contributed by atoms with Crippen molar-refractivity contribution in [1.29, 1.82) is 0 Å². The van der Waals surface area contributed by atoms with Crippen molar-refractivity contribution >= 4 is 5.91 Å². The molecule has 0 bridgehead atoms. The highest BCUT2D eigenvalue weighted by Crippen LogP contribution is 2.41. The fourth-order valence-corrected chi connectivity index (χ4v) is 4.45. The minimum atomic E-state index is -0.351. The molecule has 1 aromatic carbocycles. The predicted octanol–water partition coefficient (Wildman–Crippen LogP) is 3.93. The minimum Gasteiger partial charge on any atom is -0.345 e. The molecule has 0 fully saturated rings. The van der Waals surface area contributed by atoms with E-state index in [4.69, 9.17) is 0 Å². The summed E-state index contributed by atoms with van der Waals surface area (Å²) in [5, 5.41) is 7.75. The monoisotopic (exact) mass is 404 g/mol. The molecule has 0 saturated heterocycles. The summed E-state index contributed by atoms with van der Waals surface area (Å²) in [4.78, 5) is 28.2. The number of benzene rings is 1. The zero-order chi connectivity index (χ0) is 21.6. The molecule has 1 aliphatic rings. The van der Waals surface area contributed by atoms with Gasteiger partial charge in [-0.15, -0.1) is 0 Å². The van der Waals surface area contributed by atoms with Gasteiger partial charge in [0.05, 0.1) is 23.6 Å². The van der Waals surface area contributed by atoms with Crippen LogP contribution in [0.4, 0.5) is 0 Å². The second-order valence-electron chi connectivity index (χ2n) is 9.20. The Kier molecular flexibility index (Phi) is 4.88. The van der Waals surface area contributed by atoms with Crippen LogP contribution in [0.3, 0.4) is 0 Å². The largest absolute Gasteiger partial charge is 0.345 e. The maximum atomic E-state index is 13.0. The second kappa shape index (κ2) is 7.27. The summed E-state index contributed by atoms with van der Waals surface area (Å²) in [5.74, 6) is -0.342. The highest BCUT2D eigenvalue weighted by Gasteiger charge is 2.36. The lowest BCUT2D eigenvalue weighted by Crippen LogP contribution is -2.39. The predicted molar refractivity (Wildman–Crippen MR) is 117 cm³/mol. The number of H-pyrrole nitrogens is 1. The molecular weight excluding hydrogens is 376 g/mol. The molecule has 0 radical (unpaired) electrons. The summed E-state index contributed by atoms with van der Waals surface area (Å²) in [7, 11) is 0. The first-order valence-corrected chi connectivity index (χ1v) is 10.3. The van der Waals surface area contributed by atoms with E-state index in [1.54, 1.807) is 6.92 Å². The Morgan fingerprint density at radius 2 is 1.90 bits per heavy atom. The fourth-order valence-electron chi connectivity index (χ4n) is 4.45. The van der Waals surface area contributed by atoms with Gasteiger partial charge in [-0.1, -0.05) is 31.5 Å². The third-order valence-corrected chi connectivity index (χ3v) is 5.86. The zero-order valence-corrected chi connectivity index (χ0v) is 18.2. The van der Waals surface area contributed by atoms with E-state index >= 15 is 0 Å². The number of nitrogens with one attached hydrogen (secondary N) is 2. The molecule has 30 heavy (non-hydrogen) atoms. The van der Waals surface area contributed by atoms with E-state index in [1.165, 1.54) is 5.56 Å². The molecule has 0 spiro atoms. The standard InChI is InChI=1S/C24H28N4O2/c1-14-6-8-17(9-7-14)28-20-12-24(4,5)11-19(18(20)13-25-28)27-23(30)21-15(2)10-16(3)26-22(21)29/h6-10,13,19H,11-12H2,1-5H3,(H,26,29)(H,27,30)/t19-/m0/s1. The van der Waals surface area contributed by atoms with Gasteiger partial charge in [0, 0.05) is 11.3 Å². The van der Waals surface area contributed by atoms with Crippen LogP contribution < -0.4 is 10.9 Å². The number of aromatic amines is 1. The lowest BCUT2D eigenvalue weighted by molar-refractivity contribution is 0.0917. The first-order chi connectivity index (χ1) is 14.1. The Labute approximate surface area is 176 Å². The van der Waals surface area contributed by atoms with Crippen LogP contribution in [0.25, 0.3) is 5.69 Å². The van der Waals surface area contributed by atoms with Crippen molar-refractivity contribution in [3.63, 3.8) is 0 Å². The average Bonchev–Trinajstić information content (AvgIpc) is 3.04. The number of nitrogens with zero attached hydrogens (tertiary/aromatic N) is 2. The molecule has 6 heteroatoms. The van der Waals surface area contributed by atoms with Crippen LogP contribution in [0.5, 0.6) is 0 Å². The molecule has 2 aromatic heterocycles. The van der Waals surface area contributed by atoms with E-state index in [2.05, 4.69) is 60.4 Å². The molecule has 4 rings (SSSR count). The number of aromatic nitrogens is 3. The molecule has 156 valence electrons. The highest BCUT2D eigenvalue weighted by molar-refractivity contribution is 5.95. The number of hydrogen-bond donors (Lipinski definition) is 2. The molecule has 1 amide bonds. The van der Waals surface area contributed by atoms with Gasteiger partial charge >= 0.3 is 0 Å². The molecule has 3 aromatic rings. The average molecular weight is 405 g/mol. The number of rotatable bonds is 3. The van der Waals surface area contributed by atoms with E-state index in [1.807, 2.05) is 23.9 Å². The van der Waals surface area contributed by atoms with Gasteiger partial charge in [-0.3, -0.25) is 9.59 Å². The number of pyridine rings is 1. The van der Waals surface area contributed by atoms with E-state index in [0.717, 1.165) is 35.5 Å². The molecule has 2 heterocycles. The fraction of sp³-hybridized carbons (Fsp3) is 0.375. The second-order valence-corrected chi connectivity index (χ2v) is 9.20. The molecule has 1 atom stereocenters. The lowest BCUT2D eigenvalue weighted by atomic mass is 9.74. The van der Waals surface area contributed by atoms with Crippen LogP contribution in [0.2, 0.25) is 0 Å². The molecule has 2 N–H and O–H groups in total. The Morgan fingerprint density at radius 3 is 2.57 bits per heavy atom. The Balaban J connectivity index is 1.70. The van der Waals surface area contributed by atoms with Gasteiger partial charge in [-0.25, -0.2) is 4.68 Å². The Hall–Kier alpha value is -3.15. The minimum absolute atomic E-state index is 0.0117. The molecule has 0 saturated carbocycles. The van der Waals surface area contributed by atoms with Crippen molar-refractivity contribution < 1.29 is 4.79 Å². The van der Waals surface area contributed by atoms with Crippen molar-refractivity contribution in [2.45, 2.75) is 53.5 Å². The lowest BCUT2D eigenvalue weighted by Gasteiger charge is -2.36. The Morgan fingerprint density at radius 1 is 1.20 bits per heavy atom. The van der Waals surface area contributed by atoms with Gasteiger partial charge < -0.3 is 10.3 Å². The first-order valence-electron chi connectivity index (χ1n) is 10.3. The summed E-state index contributed by atoms with van der Waals surface area (Å²) in [6.45, 7) is 10.1. The summed E-state index contributed by atoms with van der Waals surface area (Å²) in [5.41, 5.74) is 5.57. The van der Waals surface area contributed by atoms with E-state index in [0.29, 0.717) is 5.56 Å². The summed E-state index contributed by atoms with van der Waals surface area (Å²) < 4.78 is 1.97. The van der Waals surface area contributed by atoms with E-state index in [-0.39, 0.29) is 28.5 Å². The summed E-state index contributed by atoms with van der Waals surface area (Å²) in [6.07, 6.45) is 3.50. The molecule has 6 nitrogen and oxygen atoms in total. The normalized spacial score (nSPS) is 17.4.